The number of ether oxygens (including phenoxy) is 1. The van der Waals surface area contributed by atoms with Crippen molar-refractivity contribution in [2.45, 2.75) is 58.0 Å². The Bertz CT molecular complexity index is 459. The quantitative estimate of drug-likeness (QED) is 0.550. The first kappa shape index (κ1) is 15.4. The van der Waals surface area contributed by atoms with Gasteiger partial charge in [0.25, 0.3) is 0 Å². The minimum atomic E-state index is -0.313. The molecule has 1 aliphatic carbocycles. The molecule has 3 nitrogen and oxygen atoms in total. The predicted octanol–water partition coefficient (Wildman–Crippen LogP) is 4.66. The lowest BCUT2D eigenvalue weighted by atomic mass is 10.00. The molecule has 1 aliphatic rings. The highest BCUT2D eigenvalue weighted by Crippen LogP contribution is 2.41. The predicted molar refractivity (Wildman–Crippen MR) is 85.6 cm³/mol. The fraction of sp³-hybridized carbons (Fsp3) is 0.714. The van der Waals surface area contributed by atoms with Crippen molar-refractivity contribution in [3.8, 4) is 0 Å². The van der Waals surface area contributed by atoms with Gasteiger partial charge >= 0.3 is 0 Å². The summed E-state index contributed by atoms with van der Waals surface area (Å²) in [5, 5.41) is 0.556. The van der Waals surface area contributed by atoms with Crippen LogP contribution in [-0.2, 0) is 10.3 Å². The molecule has 1 aromatic rings. The zero-order chi connectivity index (χ0) is 14.0. The van der Waals surface area contributed by atoms with Gasteiger partial charge < -0.3 is 4.74 Å². The minimum Gasteiger partial charge on any atom is -0.367 e. The average Bonchev–Trinajstić information content (AvgIpc) is 2.82. The second-order valence-electron chi connectivity index (χ2n) is 5.33. The van der Waals surface area contributed by atoms with E-state index >= 15 is 0 Å². The molecule has 0 unspecified atom stereocenters. The summed E-state index contributed by atoms with van der Waals surface area (Å²) in [5.74, 6) is 1.12. The van der Waals surface area contributed by atoms with Gasteiger partial charge in [0, 0.05) is 6.61 Å². The molecule has 1 aromatic heterocycles. The zero-order valence-corrected chi connectivity index (χ0v) is 14.6. The standard InChI is InChI=1S/C14H20ClIN2O/c1-4-19-14(7-5-6-8-14)13-17-11(9(2)3)10(16)12(15)18-13/h9H,4-8H2,1-3H3. The Morgan fingerprint density at radius 2 is 1.95 bits per heavy atom. The Hall–Kier alpha value is 0.0600. The van der Waals surface area contributed by atoms with Crippen molar-refractivity contribution in [2.24, 2.45) is 0 Å². The maximum Gasteiger partial charge on any atom is 0.162 e. The molecule has 0 spiro atoms. The van der Waals surface area contributed by atoms with E-state index in [1.807, 2.05) is 6.92 Å². The van der Waals surface area contributed by atoms with Gasteiger partial charge in [-0.1, -0.05) is 25.4 Å². The van der Waals surface area contributed by atoms with Gasteiger partial charge in [0.15, 0.2) is 5.82 Å². The Balaban J connectivity index is 2.49. The van der Waals surface area contributed by atoms with Gasteiger partial charge in [0.1, 0.15) is 10.8 Å². The van der Waals surface area contributed by atoms with Crippen LogP contribution in [0.25, 0.3) is 0 Å². The van der Waals surface area contributed by atoms with E-state index in [1.165, 1.54) is 12.8 Å². The van der Waals surface area contributed by atoms with Crippen LogP contribution in [0.5, 0.6) is 0 Å². The third kappa shape index (κ3) is 3.05. The number of hydrogen-bond donors (Lipinski definition) is 0. The fourth-order valence-electron chi connectivity index (χ4n) is 2.68. The SMILES string of the molecule is CCOC1(c2nc(Cl)c(I)c(C(C)C)n2)CCCC1. The lowest BCUT2D eigenvalue weighted by Gasteiger charge is -2.28. The van der Waals surface area contributed by atoms with Crippen molar-refractivity contribution < 1.29 is 4.74 Å². The Labute approximate surface area is 133 Å². The first-order valence-corrected chi connectivity index (χ1v) is 8.33. The summed E-state index contributed by atoms with van der Waals surface area (Å²) in [6, 6.07) is 0. The molecular formula is C14H20ClIN2O. The second kappa shape index (κ2) is 6.22. The highest BCUT2D eigenvalue weighted by atomic mass is 127. The molecule has 0 radical (unpaired) electrons. The minimum absolute atomic E-state index is 0.313. The van der Waals surface area contributed by atoms with Gasteiger partial charge in [-0.25, -0.2) is 9.97 Å². The molecular weight excluding hydrogens is 375 g/mol. The largest absolute Gasteiger partial charge is 0.367 e. The molecule has 0 N–H and O–H groups in total. The molecule has 2 rings (SSSR count). The highest BCUT2D eigenvalue weighted by Gasteiger charge is 2.40. The first-order valence-electron chi connectivity index (χ1n) is 6.87. The van der Waals surface area contributed by atoms with Gasteiger partial charge in [-0.05, 0) is 61.1 Å². The Morgan fingerprint density at radius 1 is 1.32 bits per heavy atom. The molecule has 5 heteroatoms. The van der Waals surface area contributed by atoms with E-state index in [4.69, 9.17) is 21.3 Å². The molecule has 0 saturated heterocycles. The lowest BCUT2D eigenvalue weighted by molar-refractivity contribution is -0.0459. The van der Waals surface area contributed by atoms with Crippen molar-refractivity contribution in [2.75, 3.05) is 6.61 Å². The molecule has 1 fully saturated rings. The summed E-state index contributed by atoms with van der Waals surface area (Å²) in [6.07, 6.45) is 4.33. The van der Waals surface area contributed by atoms with Crippen molar-refractivity contribution >= 4 is 34.2 Å². The third-order valence-corrected chi connectivity index (χ3v) is 5.28. The number of hydrogen-bond acceptors (Lipinski definition) is 3. The van der Waals surface area contributed by atoms with Crippen LogP contribution in [0.4, 0.5) is 0 Å². The van der Waals surface area contributed by atoms with Gasteiger partial charge in [0.05, 0.1) is 9.26 Å². The molecule has 1 heterocycles. The van der Waals surface area contributed by atoms with E-state index < -0.39 is 0 Å². The maximum atomic E-state index is 6.29. The summed E-state index contributed by atoms with van der Waals surface area (Å²) in [7, 11) is 0. The smallest absolute Gasteiger partial charge is 0.162 e. The normalized spacial score (nSPS) is 18.2. The number of aromatic nitrogens is 2. The molecule has 19 heavy (non-hydrogen) atoms. The van der Waals surface area contributed by atoms with E-state index in [2.05, 4.69) is 41.4 Å². The van der Waals surface area contributed by atoms with Crippen LogP contribution in [0, 0.1) is 3.57 Å². The second-order valence-corrected chi connectivity index (χ2v) is 6.76. The summed E-state index contributed by atoms with van der Waals surface area (Å²) in [5.41, 5.74) is 0.716. The number of rotatable bonds is 4. The molecule has 0 amide bonds. The third-order valence-electron chi connectivity index (χ3n) is 3.62. The number of nitrogens with zero attached hydrogens (tertiary/aromatic N) is 2. The topological polar surface area (TPSA) is 35.0 Å². The van der Waals surface area contributed by atoms with Crippen molar-refractivity contribution in [1.29, 1.82) is 0 Å². The van der Waals surface area contributed by atoms with Crippen molar-refractivity contribution in [3.05, 3.63) is 20.2 Å². The zero-order valence-electron chi connectivity index (χ0n) is 11.7. The Kier molecular flexibility index (Phi) is 5.06. The molecule has 0 aliphatic heterocycles. The molecule has 106 valence electrons. The summed E-state index contributed by atoms with van der Waals surface area (Å²) >= 11 is 8.52. The Morgan fingerprint density at radius 3 is 2.47 bits per heavy atom. The average molecular weight is 395 g/mol. The van der Waals surface area contributed by atoms with E-state index in [0.717, 1.165) is 27.9 Å². The maximum absolute atomic E-state index is 6.29. The van der Waals surface area contributed by atoms with Gasteiger partial charge in [-0.15, -0.1) is 0 Å². The van der Waals surface area contributed by atoms with Crippen molar-refractivity contribution in [3.63, 3.8) is 0 Å². The van der Waals surface area contributed by atoms with Crippen LogP contribution in [0.1, 0.15) is 63.9 Å². The van der Waals surface area contributed by atoms with Crippen LogP contribution in [-0.4, -0.2) is 16.6 Å². The van der Waals surface area contributed by atoms with E-state index in [-0.39, 0.29) is 5.60 Å². The van der Waals surface area contributed by atoms with Crippen LogP contribution in [0.2, 0.25) is 5.15 Å². The fourth-order valence-corrected chi connectivity index (χ4v) is 3.72. The van der Waals surface area contributed by atoms with Gasteiger partial charge in [-0.3, -0.25) is 0 Å². The van der Waals surface area contributed by atoms with E-state index in [0.29, 0.717) is 17.7 Å². The monoisotopic (exact) mass is 394 g/mol. The molecule has 0 atom stereocenters. The van der Waals surface area contributed by atoms with Crippen LogP contribution >= 0.6 is 34.2 Å². The van der Waals surface area contributed by atoms with Crippen LogP contribution < -0.4 is 0 Å². The lowest BCUT2D eigenvalue weighted by Crippen LogP contribution is -2.30. The summed E-state index contributed by atoms with van der Waals surface area (Å²) < 4.78 is 6.98. The molecule has 1 saturated carbocycles. The summed E-state index contributed by atoms with van der Waals surface area (Å²) in [4.78, 5) is 9.29. The van der Waals surface area contributed by atoms with Crippen LogP contribution in [0.15, 0.2) is 0 Å². The van der Waals surface area contributed by atoms with E-state index in [1.54, 1.807) is 0 Å². The first-order chi connectivity index (χ1) is 9.00. The van der Waals surface area contributed by atoms with Crippen LogP contribution in [0.3, 0.4) is 0 Å². The molecule has 0 bridgehead atoms. The van der Waals surface area contributed by atoms with Gasteiger partial charge in [-0.2, -0.15) is 0 Å². The van der Waals surface area contributed by atoms with Crippen molar-refractivity contribution in [1.82, 2.24) is 9.97 Å². The van der Waals surface area contributed by atoms with Gasteiger partial charge in [0.2, 0.25) is 0 Å². The van der Waals surface area contributed by atoms with E-state index in [9.17, 15) is 0 Å². The summed E-state index contributed by atoms with van der Waals surface area (Å²) in [6.45, 7) is 6.97. The highest BCUT2D eigenvalue weighted by molar-refractivity contribution is 14.1. The molecule has 0 aromatic carbocycles. The number of halogens is 2.